The summed E-state index contributed by atoms with van der Waals surface area (Å²) < 4.78 is 27.0. The number of hydrogen-bond acceptors (Lipinski definition) is 4. The Kier molecular flexibility index (Phi) is 6.33. The largest absolute Gasteiger partial charge is 0.480 e. The summed E-state index contributed by atoms with van der Waals surface area (Å²) in [7, 11) is -4.00. The summed E-state index contributed by atoms with van der Waals surface area (Å²) in [4.78, 5) is 11.0. The van der Waals surface area contributed by atoms with Crippen LogP contribution in [-0.4, -0.2) is 25.5 Å². The van der Waals surface area contributed by atoms with Crippen molar-refractivity contribution < 1.29 is 18.3 Å². The van der Waals surface area contributed by atoms with Gasteiger partial charge in [0.05, 0.1) is 16.5 Å². The zero-order valence-electron chi connectivity index (χ0n) is 11.3. The molecule has 0 unspecified atom stereocenters. The molecule has 2 N–H and O–H groups in total. The molecule has 8 heteroatoms. The molecule has 0 heterocycles. The van der Waals surface area contributed by atoms with Gasteiger partial charge in [0, 0.05) is 4.47 Å². The average Bonchev–Trinajstić information content (AvgIpc) is 2.42. The van der Waals surface area contributed by atoms with E-state index in [9.17, 15) is 13.2 Å². The van der Waals surface area contributed by atoms with E-state index in [1.54, 1.807) is 0 Å². The first-order chi connectivity index (χ1) is 9.80. The highest BCUT2D eigenvalue weighted by Gasteiger charge is 2.25. The molecule has 0 saturated heterocycles. The zero-order chi connectivity index (χ0) is 16.0. The quantitative estimate of drug-likeness (QED) is 0.760. The Balaban J connectivity index is 3.07. The number of hydrogen-bond donors (Lipinski definition) is 2. The van der Waals surface area contributed by atoms with Crippen LogP contribution in [0.5, 0.6) is 0 Å². The molecule has 0 aliphatic rings. The smallest absolute Gasteiger partial charge is 0.321 e. The van der Waals surface area contributed by atoms with E-state index in [1.165, 1.54) is 18.2 Å². The number of carboxylic acid groups (broad SMARTS) is 1. The second kappa shape index (κ2) is 7.54. The molecule has 0 saturated carbocycles. The van der Waals surface area contributed by atoms with Gasteiger partial charge in [0.25, 0.3) is 0 Å². The third kappa shape index (κ3) is 5.12. The van der Waals surface area contributed by atoms with Gasteiger partial charge in [-0.3, -0.25) is 4.79 Å². The average molecular weight is 375 g/mol. The summed E-state index contributed by atoms with van der Waals surface area (Å²) in [5.74, 6) is -1.22. The number of unbranched alkanes of at least 4 members (excludes halogenated alkanes) is 1. The number of nitriles is 1. The molecule has 1 aromatic carbocycles. The monoisotopic (exact) mass is 374 g/mol. The first-order valence-corrected chi connectivity index (χ1v) is 8.53. The van der Waals surface area contributed by atoms with E-state index in [0.29, 0.717) is 10.9 Å². The second-order valence-electron chi connectivity index (χ2n) is 4.44. The number of nitrogens with one attached hydrogen (secondary N) is 1. The summed E-state index contributed by atoms with van der Waals surface area (Å²) in [6, 6.07) is 4.67. The van der Waals surface area contributed by atoms with Crippen molar-refractivity contribution in [1.82, 2.24) is 4.72 Å². The topological polar surface area (TPSA) is 107 Å². The van der Waals surface area contributed by atoms with Crippen molar-refractivity contribution in [3.63, 3.8) is 0 Å². The lowest BCUT2D eigenvalue weighted by molar-refractivity contribution is -0.139. The summed E-state index contributed by atoms with van der Waals surface area (Å²) in [5.41, 5.74) is 0.171. The van der Waals surface area contributed by atoms with E-state index in [0.717, 1.165) is 6.42 Å². The minimum absolute atomic E-state index is 0.142. The molecule has 21 heavy (non-hydrogen) atoms. The molecule has 0 aliphatic carbocycles. The Morgan fingerprint density at radius 3 is 2.67 bits per heavy atom. The number of nitrogens with zero attached hydrogens (tertiary/aromatic N) is 1. The minimum Gasteiger partial charge on any atom is -0.480 e. The lowest BCUT2D eigenvalue weighted by Gasteiger charge is -2.14. The molecule has 0 radical (unpaired) electrons. The fraction of sp³-hybridized carbons (Fsp3) is 0.385. The van der Waals surface area contributed by atoms with Gasteiger partial charge in [0.1, 0.15) is 6.04 Å². The van der Waals surface area contributed by atoms with Crippen molar-refractivity contribution in [1.29, 1.82) is 5.26 Å². The Morgan fingerprint density at radius 1 is 1.48 bits per heavy atom. The van der Waals surface area contributed by atoms with Crippen LogP contribution in [0.3, 0.4) is 0 Å². The standard InChI is InChI=1S/C13H15BrN2O4S/c1-2-3-4-12(13(17)18)16-21(19,20)11-6-9(8-15)5-10(14)7-11/h5-7,12,16H,2-4H2,1H3,(H,17,18)/t12-/m0/s1. The van der Waals surface area contributed by atoms with Gasteiger partial charge in [0.2, 0.25) is 10.0 Å². The van der Waals surface area contributed by atoms with E-state index in [-0.39, 0.29) is 16.9 Å². The van der Waals surface area contributed by atoms with Crippen molar-refractivity contribution in [3.8, 4) is 6.07 Å². The van der Waals surface area contributed by atoms with Crippen molar-refractivity contribution >= 4 is 31.9 Å². The fourth-order valence-corrected chi connectivity index (χ4v) is 3.62. The van der Waals surface area contributed by atoms with Gasteiger partial charge in [-0.25, -0.2) is 8.42 Å². The molecule has 0 aromatic heterocycles. The van der Waals surface area contributed by atoms with Crippen LogP contribution in [0, 0.1) is 11.3 Å². The van der Waals surface area contributed by atoms with Gasteiger partial charge in [-0.2, -0.15) is 9.98 Å². The molecule has 0 amide bonds. The number of carboxylic acids is 1. The highest BCUT2D eigenvalue weighted by atomic mass is 79.9. The van der Waals surface area contributed by atoms with Crippen LogP contribution in [-0.2, 0) is 14.8 Å². The molecular weight excluding hydrogens is 360 g/mol. The molecule has 0 aliphatic heterocycles. The van der Waals surface area contributed by atoms with Crippen molar-refractivity contribution in [2.45, 2.75) is 37.1 Å². The Bertz CT molecular complexity index is 667. The van der Waals surface area contributed by atoms with E-state index in [4.69, 9.17) is 10.4 Å². The van der Waals surface area contributed by atoms with Crippen LogP contribution < -0.4 is 4.72 Å². The highest BCUT2D eigenvalue weighted by Crippen LogP contribution is 2.20. The van der Waals surface area contributed by atoms with Gasteiger partial charge in [0.15, 0.2) is 0 Å². The molecule has 6 nitrogen and oxygen atoms in total. The van der Waals surface area contributed by atoms with Crippen LogP contribution in [0.4, 0.5) is 0 Å². The molecule has 0 fully saturated rings. The normalized spacial score (nSPS) is 12.6. The summed E-state index contributed by atoms with van der Waals surface area (Å²) in [6.45, 7) is 1.89. The number of sulfonamides is 1. The number of benzene rings is 1. The van der Waals surface area contributed by atoms with Crippen molar-refractivity contribution in [2.75, 3.05) is 0 Å². The van der Waals surface area contributed by atoms with Crippen LogP contribution >= 0.6 is 15.9 Å². The van der Waals surface area contributed by atoms with E-state index in [2.05, 4.69) is 20.7 Å². The Morgan fingerprint density at radius 2 is 2.14 bits per heavy atom. The van der Waals surface area contributed by atoms with Crippen molar-refractivity contribution in [2.24, 2.45) is 0 Å². The predicted octanol–water partition coefficient (Wildman–Crippen LogP) is 2.24. The zero-order valence-corrected chi connectivity index (χ0v) is 13.7. The summed E-state index contributed by atoms with van der Waals surface area (Å²) in [6.07, 6.45) is 1.58. The lowest BCUT2D eigenvalue weighted by atomic mass is 10.1. The SMILES string of the molecule is CCCC[C@H](NS(=O)(=O)c1cc(Br)cc(C#N)c1)C(=O)O. The highest BCUT2D eigenvalue weighted by molar-refractivity contribution is 9.10. The molecule has 114 valence electrons. The molecule has 0 bridgehead atoms. The minimum atomic E-state index is -4.00. The summed E-state index contributed by atoms with van der Waals surface area (Å²) >= 11 is 3.12. The van der Waals surface area contributed by atoms with E-state index in [1.807, 2.05) is 13.0 Å². The number of rotatable bonds is 7. The maximum atomic E-state index is 12.2. The summed E-state index contributed by atoms with van der Waals surface area (Å²) in [5, 5.41) is 17.9. The molecular formula is C13H15BrN2O4S. The van der Waals surface area contributed by atoms with Gasteiger partial charge >= 0.3 is 5.97 Å². The Labute approximate surface area is 132 Å². The molecule has 1 rings (SSSR count). The van der Waals surface area contributed by atoms with Gasteiger partial charge < -0.3 is 5.11 Å². The molecule has 1 aromatic rings. The van der Waals surface area contributed by atoms with Gasteiger partial charge in [-0.1, -0.05) is 35.7 Å². The first-order valence-electron chi connectivity index (χ1n) is 6.26. The number of aliphatic carboxylic acids is 1. The molecule has 0 spiro atoms. The van der Waals surface area contributed by atoms with Gasteiger partial charge in [-0.05, 0) is 24.6 Å². The van der Waals surface area contributed by atoms with E-state index >= 15 is 0 Å². The number of carbonyl (C=O) groups is 1. The van der Waals surface area contributed by atoms with Crippen LogP contribution in [0.15, 0.2) is 27.6 Å². The number of halogens is 1. The van der Waals surface area contributed by atoms with Crippen molar-refractivity contribution in [3.05, 3.63) is 28.2 Å². The maximum absolute atomic E-state index is 12.2. The molecule has 1 atom stereocenters. The van der Waals surface area contributed by atoms with Crippen LogP contribution in [0.25, 0.3) is 0 Å². The fourth-order valence-electron chi connectivity index (χ4n) is 1.68. The predicted molar refractivity (Wildman–Crippen MR) is 80.1 cm³/mol. The third-order valence-corrected chi connectivity index (χ3v) is 4.66. The lowest BCUT2D eigenvalue weighted by Crippen LogP contribution is -2.40. The first kappa shape index (κ1) is 17.6. The Hall–Kier alpha value is -1.43. The van der Waals surface area contributed by atoms with Crippen LogP contribution in [0.2, 0.25) is 0 Å². The third-order valence-electron chi connectivity index (χ3n) is 2.75. The second-order valence-corrected chi connectivity index (χ2v) is 7.07. The van der Waals surface area contributed by atoms with E-state index < -0.39 is 22.0 Å². The van der Waals surface area contributed by atoms with Gasteiger partial charge in [-0.15, -0.1) is 0 Å². The maximum Gasteiger partial charge on any atom is 0.321 e. The van der Waals surface area contributed by atoms with Crippen LogP contribution in [0.1, 0.15) is 31.7 Å².